The number of likely N-dealkylation sites (N-methyl/N-ethyl adjacent to an activating group) is 1. The number of hydrogen-bond acceptors (Lipinski definition) is 3. The Morgan fingerprint density at radius 1 is 1.26 bits per heavy atom. The van der Waals surface area contributed by atoms with Gasteiger partial charge in [-0.05, 0) is 33.9 Å². The van der Waals surface area contributed by atoms with E-state index in [2.05, 4.69) is 0 Å². The molecule has 0 amide bonds. The van der Waals surface area contributed by atoms with E-state index in [9.17, 15) is 9.50 Å². The molecule has 0 saturated carbocycles. The van der Waals surface area contributed by atoms with Gasteiger partial charge in [0.15, 0.2) is 0 Å². The summed E-state index contributed by atoms with van der Waals surface area (Å²) < 4.78 is 19.0. The maximum Gasteiger partial charge on any atom is 0.127 e. The van der Waals surface area contributed by atoms with Gasteiger partial charge in [0.2, 0.25) is 0 Å². The maximum atomic E-state index is 13.7. The van der Waals surface area contributed by atoms with Crippen molar-refractivity contribution >= 4 is 0 Å². The highest BCUT2D eigenvalue weighted by Crippen LogP contribution is 2.21. The van der Waals surface area contributed by atoms with Crippen LogP contribution in [0.1, 0.15) is 32.4 Å². The van der Waals surface area contributed by atoms with E-state index in [4.69, 9.17) is 4.74 Å². The summed E-state index contributed by atoms with van der Waals surface area (Å²) >= 11 is 0. The van der Waals surface area contributed by atoms with Crippen molar-refractivity contribution < 1.29 is 14.2 Å². The van der Waals surface area contributed by atoms with E-state index in [1.54, 1.807) is 12.1 Å². The zero-order valence-corrected chi connectivity index (χ0v) is 12.1. The van der Waals surface area contributed by atoms with Crippen LogP contribution in [0.4, 0.5) is 4.39 Å². The molecule has 2 unspecified atom stereocenters. The number of ether oxygens (including phenoxy) is 1. The Morgan fingerprint density at radius 3 is 2.47 bits per heavy atom. The first-order valence-electron chi connectivity index (χ1n) is 6.66. The highest BCUT2D eigenvalue weighted by atomic mass is 19.1. The third-order valence-electron chi connectivity index (χ3n) is 3.14. The Bertz CT molecular complexity index is 384. The highest BCUT2D eigenvalue weighted by Gasteiger charge is 2.18. The number of rotatable bonds is 7. The summed E-state index contributed by atoms with van der Waals surface area (Å²) in [5.74, 6) is -0.213. The van der Waals surface area contributed by atoms with E-state index >= 15 is 0 Å². The first-order valence-corrected chi connectivity index (χ1v) is 6.66. The van der Waals surface area contributed by atoms with Crippen molar-refractivity contribution in [3.05, 3.63) is 35.6 Å². The van der Waals surface area contributed by atoms with Crippen molar-refractivity contribution in [2.75, 3.05) is 20.2 Å². The minimum Gasteiger partial charge on any atom is -0.389 e. The fourth-order valence-corrected chi connectivity index (χ4v) is 1.90. The molecular weight excluding hydrogens is 245 g/mol. The van der Waals surface area contributed by atoms with Crippen LogP contribution in [0, 0.1) is 5.82 Å². The minimum absolute atomic E-state index is 0.0881. The molecule has 1 rings (SSSR count). The number of nitrogens with zero attached hydrogens (tertiary/aromatic N) is 1. The fraction of sp³-hybridized carbons (Fsp3) is 0.600. The first kappa shape index (κ1) is 16.1. The smallest absolute Gasteiger partial charge is 0.127 e. The van der Waals surface area contributed by atoms with Crippen molar-refractivity contribution in [2.24, 2.45) is 0 Å². The van der Waals surface area contributed by atoms with Gasteiger partial charge in [0.25, 0.3) is 0 Å². The molecule has 3 nitrogen and oxygen atoms in total. The predicted molar refractivity (Wildman–Crippen MR) is 74.5 cm³/mol. The quantitative estimate of drug-likeness (QED) is 0.826. The molecule has 1 aromatic rings. The molecule has 0 saturated heterocycles. The molecule has 1 N–H and O–H groups in total. The number of aliphatic hydroxyl groups is 1. The van der Waals surface area contributed by atoms with Gasteiger partial charge in [-0.25, -0.2) is 4.39 Å². The van der Waals surface area contributed by atoms with Crippen molar-refractivity contribution in [2.45, 2.75) is 39.0 Å². The van der Waals surface area contributed by atoms with Crippen LogP contribution in [0.2, 0.25) is 0 Å². The molecule has 0 aliphatic heterocycles. The lowest BCUT2D eigenvalue weighted by Gasteiger charge is -2.27. The molecule has 0 aromatic heterocycles. The van der Waals surface area contributed by atoms with Crippen LogP contribution < -0.4 is 0 Å². The average molecular weight is 269 g/mol. The van der Waals surface area contributed by atoms with E-state index in [0.717, 1.165) is 0 Å². The zero-order chi connectivity index (χ0) is 14.4. The summed E-state index contributed by atoms with van der Waals surface area (Å²) in [6, 6.07) is 6.64. The molecule has 0 spiro atoms. The Balaban J connectivity index is 2.53. The second-order valence-electron chi connectivity index (χ2n) is 5.17. The molecular formula is C15H24FNO2. The van der Waals surface area contributed by atoms with Gasteiger partial charge in [0, 0.05) is 18.2 Å². The topological polar surface area (TPSA) is 32.7 Å². The fourth-order valence-electron chi connectivity index (χ4n) is 1.90. The Morgan fingerprint density at radius 2 is 1.89 bits per heavy atom. The molecule has 4 heteroatoms. The summed E-state index contributed by atoms with van der Waals surface area (Å²) in [6.07, 6.45) is -0.467. The van der Waals surface area contributed by atoms with Gasteiger partial charge in [0.05, 0.1) is 18.8 Å². The summed E-state index contributed by atoms with van der Waals surface area (Å²) in [7, 11) is 1.87. The molecule has 0 aliphatic carbocycles. The molecule has 19 heavy (non-hydrogen) atoms. The molecule has 0 fully saturated rings. The van der Waals surface area contributed by atoms with Gasteiger partial charge >= 0.3 is 0 Å². The summed E-state index contributed by atoms with van der Waals surface area (Å²) in [5, 5.41) is 9.87. The third-order valence-corrected chi connectivity index (χ3v) is 3.14. The van der Waals surface area contributed by atoms with Gasteiger partial charge in [-0.15, -0.1) is 0 Å². The van der Waals surface area contributed by atoms with E-state index in [1.165, 1.54) is 6.07 Å². The number of benzene rings is 1. The second-order valence-corrected chi connectivity index (χ2v) is 5.17. The van der Waals surface area contributed by atoms with E-state index < -0.39 is 6.10 Å². The van der Waals surface area contributed by atoms with E-state index in [1.807, 2.05) is 38.8 Å². The minimum atomic E-state index is -0.568. The molecule has 0 heterocycles. The van der Waals surface area contributed by atoms with E-state index in [-0.39, 0.29) is 18.0 Å². The first-order chi connectivity index (χ1) is 8.91. The zero-order valence-electron chi connectivity index (χ0n) is 12.1. The largest absolute Gasteiger partial charge is 0.389 e. The second kappa shape index (κ2) is 7.58. The summed E-state index contributed by atoms with van der Waals surface area (Å²) in [4.78, 5) is 1.92. The molecule has 0 aliphatic rings. The monoisotopic (exact) mass is 269 g/mol. The lowest BCUT2D eigenvalue weighted by molar-refractivity contribution is -0.00963. The standard InChI is InChI=1S/C15H24FNO2/c1-11(2)19-10-13(18)9-17(4)12(3)14-7-5-6-8-15(14)16/h5-8,11-13,18H,9-10H2,1-4H3. The van der Waals surface area contributed by atoms with Crippen LogP contribution in [0.15, 0.2) is 24.3 Å². The summed E-state index contributed by atoms with van der Waals surface area (Å²) in [6.45, 7) is 6.53. The van der Waals surface area contributed by atoms with Crippen LogP contribution in [-0.4, -0.2) is 42.4 Å². The third kappa shape index (κ3) is 5.27. The van der Waals surface area contributed by atoms with Crippen LogP contribution in [0.5, 0.6) is 0 Å². The number of hydrogen-bond donors (Lipinski definition) is 1. The van der Waals surface area contributed by atoms with Crippen molar-refractivity contribution in [3.8, 4) is 0 Å². The Kier molecular flexibility index (Phi) is 6.42. The average Bonchev–Trinajstić information content (AvgIpc) is 2.36. The van der Waals surface area contributed by atoms with E-state index in [0.29, 0.717) is 18.7 Å². The van der Waals surface area contributed by atoms with Crippen LogP contribution >= 0.6 is 0 Å². The number of aliphatic hydroxyl groups excluding tert-OH is 1. The molecule has 1 aromatic carbocycles. The molecule has 0 radical (unpaired) electrons. The highest BCUT2D eigenvalue weighted by molar-refractivity contribution is 5.20. The normalized spacial score (nSPS) is 14.9. The van der Waals surface area contributed by atoms with Crippen molar-refractivity contribution in [3.63, 3.8) is 0 Å². The van der Waals surface area contributed by atoms with Gasteiger partial charge in [-0.1, -0.05) is 18.2 Å². The Hall–Kier alpha value is -0.970. The van der Waals surface area contributed by atoms with Gasteiger partial charge in [-0.3, -0.25) is 4.90 Å². The lowest BCUT2D eigenvalue weighted by atomic mass is 10.1. The van der Waals surface area contributed by atoms with Crippen LogP contribution in [0.3, 0.4) is 0 Å². The lowest BCUT2D eigenvalue weighted by Crippen LogP contribution is -2.34. The maximum absolute atomic E-state index is 13.7. The van der Waals surface area contributed by atoms with Crippen molar-refractivity contribution in [1.82, 2.24) is 4.90 Å². The van der Waals surface area contributed by atoms with Crippen LogP contribution in [-0.2, 0) is 4.74 Å². The summed E-state index contributed by atoms with van der Waals surface area (Å²) in [5.41, 5.74) is 0.641. The SMILES string of the molecule is CC(C)OCC(O)CN(C)C(C)c1ccccc1F. The van der Waals surface area contributed by atoms with Crippen LogP contribution in [0.25, 0.3) is 0 Å². The molecule has 0 bridgehead atoms. The van der Waals surface area contributed by atoms with Crippen molar-refractivity contribution in [1.29, 1.82) is 0 Å². The number of halogens is 1. The van der Waals surface area contributed by atoms with Gasteiger partial charge < -0.3 is 9.84 Å². The molecule has 2 atom stereocenters. The predicted octanol–water partition coefficient (Wildman–Crippen LogP) is 2.60. The van der Waals surface area contributed by atoms with Gasteiger partial charge in [-0.2, -0.15) is 0 Å². The Labute approximate surface area is 115 Å². The molecule has 108 valence electrons. The van der Waals surface area contributed by atoms with Gasteiger partial charge in [0.1, 0.15) is 5.82 Å².